The molecule has 0 atom stereocenters. The monoisotopic (exact) mass is 350 g/mol. The van der Waals surface area contributed by atoms with E-state index in [1.165, 1.54) is 0 Å². The highest BCUT2D eigenvalue weighted by molar-refractivity contribution is 5.98. The number of anilines is 1. The number of carbonyl (C=O) groups is 1. The van der Waals surface area contributed by atoms with Gasteiger partial charge in [-0.25, -0.2) is 9.97 Å². The van der Waals surface area contributed by atoms with Crippen molar-refractivity contribution in [3.8, 4) is 0 Å². The molecule has 0 bridgehead atoms. The SMILES string of the molecule is CNC(=O)c1cccnc1N1CCC(c2nc3cccc(C)c3o2)CC1. The zero-order valence-electron chi connectivity index (χ0n) is 15.0. The molecule has 1 aromatic carbocycles. The number of carbonyl (C=O) groups excluding carboxylic acids is 1. The lowest BCUT2D eigenvalue weighted by molar-refractivity contribution is 0.0963. The summed E-state index contributed by atoms with van der Waals surface area (Å²) in [6, 6.07) is 9.65. The minimum absolute atomic E-state index is 0.107. The maximum absolute atomic E-state index is 12.1. The van der Waals surface area contributed by atoms with Gasteiger partial charge in [0.15, 0.2) is 11.5 Å². The number of nitrogens with zero attached hydrogens (tertiary/aromatic N) is 3. The van der Waals surface area contributed by atoms with Gasteiger partial charge in [-0.05, 0) is 43.5 Å². The first kappa shape index (κ1) is 16.6. The van der Waals surface area contributed by atoms with Gasteiger partial charge in [0.05, 0.1) is 5.56 Å². The van der Waals surface area contributed by atoms with Crippen LogP contribution in [0.1, 0.15) is 40.6 Å². The van der Waals surface area contributed by atoms with Crippen molar-refractivity contribution in [3.05, 3.63) is 53.5 Å². The summed E-state index contributed by atoms with van der Waals surface area (Å²) in [5.41, 5.74) is 3.54. The van der Waals surface area contributed by atoms with Crippen molar-refractivity contribution >= 4 is 22.8 Å². The fourth-order valence-electron chi connectivity index (χ4n) is 3.58. The average Bonchev–Trinajstić information content (AvgIpc) is 3.13. The molecule has 26 heavy (non-hydrogen) atoms. The zero-order valence-corrected chi connectivity index (χ0v) is 15.0. The Morgan fingerprint density at radius 2 is 2.04 bits per heavy atom. The second-order valence-electron chi connectivity index (χ2n) is 6.69. The van der Waals surface area contributed by atoms with Crippen LogP contribution in [-0.4, -0.2) is 36.0 Å². The molecule has 134 valence electrons. The van der Waals surface area contributed by atoms with Crippen molar-refractivity contribution in [1.29, 1.82) is 0 Å². The second kappa shape index (κ2) is 6.78. The van der Waals surface area contributed by atoms with Crippen molar-refractivity contribution in [2.75, 3.05) is 25.0 Å². The lowest BCUT2D eigenvalue weighted by Crippen LogP contribution is -2.35. The van der Waals surface area contributed by atoms with E-state index in [0.717, 1.165) is 54.3 Å². The van der Waals surface area contributed by atoms with E-state index in [1.54, 1.807) is 19.3 Å². The number of hydrogen-bond acceptors (Lipinski definition) is 5. The normalized spacial score (nSPS) is 15.4. The van der Waals surface area contributed by atoms with Gasteiger partial charge in [0, 0.05) is 32.3 Å². The van der Waals surface area contributed by atoms with Crippen LogP contribution in [0.4, 0.5) is 5.82 Å². The Balaban J connectivity index is 1.52. The number of nitrogens with one attached hydrogen (secondary N) is 1. The highest BCUT2D eigenvalue weighted by atomic mass is 16.3. The minimum atomic E-state index is -0.107. The second-order valence-corrected chi connectivity index (χ2v) is 6.69. The van der Waals surface area contributed by atoms with E-state index in [9.17, 15) is 4.79 Å². The van der Waals surface area contributed by atoms with Crippen molar-refractivity contribution in [2.24, 2.45) is 0 Å². The lowest BCUT2D eigenvalue weighted by atomic mass is 9.96. The van der Waals surface area contributed by atoms with E-state index in [-0.39, 0.29) is 5.91 Å². The number of piperidine rings is 1. The quantitative estimate of drug-likeness (QED) is 0.785. The first-order valence-electron chi connectivity index (χ1n) is 8.95. The molecule has 3 heterocycles. The number of rotatable bonds is 3. The van der Waals surface area contributed by atoms with Gasteiger partial charge in [0.25, 0.3) is 5.91 Å². The predicted octanol–water partition coefficient (Wildman–Crippen LogP) is 3.27. The number of para-hydroxylation sites is 1. The largest absolute Gasteiger partial charge is 0.440 e. The van der Waals surface area contributed by atoms with Crippen molar-refractivity contribution in [2.45, 2.75) is 25.7 Å². The van der Waals surface area contributed by atoms with Gasteiger partial charge in [-0.15, -0.1) is 0 Å². The number of aromatic nitrogens is 2. The Hall–Kier alpha value is -2.89. The van der Waals surface area contributed by atoms with Gasteiger partial charge in [-0.1, -0.05) is 12.1 Å². The number of pyridine rings is 1. The fourth-order valence-corrected chi connectivity index (χ4v) is 3.58. The molecule has 1 fully saturated rings. The van der Waals surface area contributed by atoms with Crippen LogP contribution in [0, 0.1) is 6.92 Å². The highest BCUT2D eigenvalue weighted by Gasteiger charge is 2.27. The molecule has 3 aromatic rings. The summed E-state index contributed by atoms with van der Waals surface area (Å²) in [7, 11) is 1.64. The molecular formula is C20H22N4O2. The molecule has 0 saturated carbocycles. The molecule has 0 aliphatic carbocycles. The van der Waals surface area contributed by atoms with Gasteiger partial charge in [0.1, 0.15) is 11.3 Å². The molecule has 1 saturated heterocycles. The third-order valence-electron chi connectivity index (χ3n) is 5.03. The first-order valence-corrected chi connectivity index (χ1v) is 8.95. The van der Waals surface area contributed by atoms with Gasteiger partial charge < -0.3 is 14.6 Å². The summed E-state index contributed by atoms with van der Waals surface area (Å²) >= 11 is 0. The minimum Gasteiger partial charge on any atom is -0.440 e. The van der Waals surface area contributed by atoms with Crippen molar-refractivity contribution in [1.82, 2.24) is 15.3 Å². The third-order valence-corrected chi connectivity index (χ3v) is 5.03. The molecule has 4 rings (SSSR count). The third kappa shape index (κ3) is 2.92. The van der Waals surface area contributed by atoms with E-state index in [0.29, 0.717) is 11.5 Å². The molecular weight excluding hydrogens is 328 g/mol. The Bertz CT molecular complexity index is 942. The smallest absolute Gasteiger partial charge is 0.254 e. The molecule has 2 aromatic heterocycles. The summed E-state index contributed by atoms with van der Waals surface area (Å²) in [5, 5.41) is 2.68. The number of amides is 1. The Morgan fingerprint density at radius 1 is 1.23 bits per heavy atom. The maximum Gasteiger partial charge on any atom is 0.254 e. The summed E-state index contributed by atoms with van der Waals surface area (Å²) in [6.45, 7) is 3.69. The lowest BCUT2D eigenvalue weighted by Gasteiger charge is -2.32. The highest BCUT2D eigenvalue weighted by Crippen LogP contribution is 2.32. The van der Waals surface area contributed by atoms with Crippen LogP contribution in [0.2, 0.25) is 0 Å². The standard InChI is InChI=1S/C20H22N4O2/c1-13-5-3-7-16-17(13)26-20(23-16)14-8-11-24(12-9-14)18-15(19(25)21-2)6-4-10-22-18/h3-7,10,14H,8-9,11-12H2,1-2H3,(H,21,25). The first-order chi connectivity index (χ1) is 12.7. The van der Waals surface area contributed by atoms with E-state index < -0.39 is 0 Å². The average molecular weight is 350 g/mol. The van der Waals surface area contributed by atoms with Crippen LogP contribution in [-0.2, 0) is 0 Å². The van der Waals surface area contributed by atoms with Crippen LogP contribution in [0.5, 0.6) is 0 Å². The van der Waals surface area contributed by atoms with Crippen LogP contribution in [0.25, 0.3) is 11.1 Å². The maximum atomic E-state index is 12.1. The molecule has 0 spiro atoms. The van der Waals surface area contributed by atoms with E-state index >= 15 is 0 Å². The number of benzene rings is 1. The fraction of sp³-hybridized carbons (Fsp3) is 0.350. The van der Waals surface area contributed by atoms with Crippen LogP contribution in [0.3, 0.4) is 0 Å². The Labute approximate surface area is 152 Å². The summed E-state index contributed by atoms with van der Waals surface area (Å²) in [4.78, 5) is 23.4. The molecule has 0 radical (unpaired) electrons. The Morgan fingerprint density at radius 3 is 2.77 bits per heavy atom. The zero-order chi connectivity index (χ0) is 18.1. The van der Waals surface area contributed by atoms with Crippen molar-refractivity contribution in [3.63, 3.8) is 0 Å². The summed E-state index contributed by atoms with van der Waals surface area (Å²) in [6.07, 6.45) is 3.59. The van der Waals surface area contributed by atoms with Crippen molar-refractivity contribution < 1.29 is 9.21 Å². The number of hydrogen-bond donors (Lipinski definition) is 1. The molecule has 6 nitrogen and oxygen atoms in total. The van der Waals surface area contributed by atoms with E-state index in [2.05, 4.69) is 20.2 Å². The summed E-state index contributed by atoms with van der Waals surface area (Å²) < 4.78 is 6.05. The summed E-state index contributed by atoms with van der Waals surface area (Å²) in [5.74, 6) is 1.76. The van der Waals surface area contributed by atoms with Crippen LogP contribution in [0.15, 0.2) is 40.9 Å². The van der Waals surface area contributed by atoms with E-state index in [4.69, 9.17) is 4.42 Å². The molecule has 1 N–H and O–H groups in total. The number of oxazole rings is 1. The molecule has 1 amide bonds. The van der Waals surface area contributed by atoms with Crippen LogP contribution < -0.4 is 10.2 Å². The number of fused-ring (bicyclic) bond motifs is 1. The predicted molar refractivity (Wildman–Crippen MR) is 101 cm³/mol. The van der Waals surface area contributed by atoms with Gasteiger partial charge in [-0.2, -0.15) is 0 Å². The van der Waals surface area contributed by atoms with Gasteiger partial charge in [-0.3, -0.25) is 4.79 Å². The topological polar surface area (TPSA) is 71.3 Å². The van der Waals surface area contributed by atoms with Gasteiger partial charge in [0.2, 0.25) is 0 Å². The van der Waals surface area contributed by atoms with E-state index in [1.807, 2.05) is 31.2 Å². The molecule has 1 aliphatic heterocycles. The van der Waals surface area contributed by atoms with Crippen LogP contribution >= 0.6 is 0 Å². The molecule has 1 aliphatic rings. The molecule has 6 heteroatoms. The Kier molecular flexibility index (Phi) is 4.32. The number of aryl methyl sites for hydroxylation is 1. The molecule has 0 unspecified atom stereocenters. The van der Waals surface area contributed by atoms with Gasteiger partial charge >= 0.3 is 0 Å².